The van der Waals surface area contributed by atoms with E-state index in [1.54, 1.807) is 0 Å². The van der Waals surface area contributed by atoms with Crippen LogP contribution in [0.15, 0.2) is 30.3 Å². The van der Waals surface area contributed by atoms with Crippen LogP contribution in [0.2, 0.25) is 0 Å². The zero-order valence-electron chi connectivity index (χ0n) is 10.5. The van der Waals surface area contributed by atoms with Gasteiger partial charge >= 0.3 is 0 Å². The molecule has 3 nitrogen and oxygen atoms in total. The van der Waals surface area contributed by atoms with Crippen molar-refractivity contribution in [2.45, 2.75) is 38.3 Å². The molecular weight excluding hydrogens is 214 g/mol. The van der Waals surface area contributed by atoms with Gasteiger partial charge < -0.3 is 15.6 Å². The van der Waals surface area contributed by atoms with Gasteiger partial charge in [-0.25, -0.2) is 0 Å². The molecule has 0 amide bonds. The van der Waals surface area contributed by atoms with Gasteiger partial charge in [0.2, 0.25) is 0 Å². The van der Waals surface area contributed by atoms with Crippen LogP contribution in [0.25, 0.3) is 0 Å². The Bertz CT molecular complexity index is 290. The monoisotopic (exact) mass is 237 g/mol. The summed E-state index contributed by atoms with van der Waals surface area (Å²) in [5, 5.41) is 9.83. The highest BCUT2D eigenvalue weighted by atomic mass is 16.5. The van der Waals surface area contributed by atoms with E-state index in [0.29, 0.717) is 19.6 Å². The average Bonchev–Trinajstić information content (AvgIpc) is 2.35. The van der Waals surface area contributed by atoms with Gasteiger partial charge in [-0.3, -0.25) is 0 Å². The highest BCUT2D eigenvalue weighted by Gasteiger charge is 2.15. The van der Waals surface area contributed by atoms with Crippen LogP contribution in [-0.4, -0.2) is 30.5 Å². The van der Waals surface area contributed by atoms with Crippen LogP contribution >= 0.6 is 0 Å². The van der Waals surface area contributed by atoms with Crippen molar-refractivity contribution in [1.29, 1.82) is 0 Å². The molecule has 1 rings (SSSR count). The molecule has 0 saturated heterocycles. The quantitative estimate of drug-likeness (QED) is 0.677. The highest BCUT2D eigenvalue weighted by Crippen LogP contribution is 2.05. The summed E-state index contributed by atoms with van der Waals surface area (Å²) in [5.41, 5.74) is 7.08. The Balaban J connectivity index is 2.24. The topological polar surface area (TPSA) is 55.5 Å². The lowest BCUT2D eigenvalue weighted by atomic mass is 10.0. The van der Waals surface area contributed by atoms with Crippen molar-refractivity contribution in [1.82, 2.24) is 0 Å². The van der Waals surface area contributed by atoms with E-state index in [1.807, 2.05) is 30.3 Å². The van der Waals surface area contributed by atoms with E-state index in [9.17, 15) is 5.11 Å². The molecule has 0 heterocycles. The van der Waals surface area contributed by atoms with Crippen molar-refractivity contribution in [3.63, 3.8) is 0 Å². The molecule has 3 N–H and O–H groups in total. The van der Waals surface area contributed by atoms with E-state index >= 15 is 0 Å². The molecule has 0 saturated carbocycles. The van der Waals surface area contributed by atoms with Crippen LogP contribution in [-0.2, 0) is 11.2 Å². The van der Waals surface area contributed by atoms with E-state index in [-0.39, 0.29) is 6.04 Å². The summed E-state index contributed by atoms with van der Waals surface area (Å²) in [4.78, 5) is 0. The third-order valence-electron chi connectivity index (χ3n) is 2.74. The zero-order chi connectivity index (χ0) is 12.5. The Labute approximate surface area is 104 Å². The number of ether oxygens (including phenoxy) is 1. The predicted octanol–water partition coefficient (Wildman–Crippen LogP) is 1.73. The third-order valence-corrected chi connectivity index (χ3v) is 2.74. The van der Waals surface area contributed by atoms with Crippen LogP contribution in [0.4, 0.5) is 0 Å². The molecule has 17 heavy (non-hydrogen) atoms. The first-order valence-corrected chi connectivity index (χ1v) is 6.29. The SMILES string of the molecule is CCCCOCC(O)C(N)Cc1ccccc1. The molecule has 96 valence electrons. The van der Waals surface area contributed by atoms with Gasteiger partial charge in [0.05, 0.1) is 12.7 Å². The van der Waals surface area contributed by atoms with Crippen LogP contribution in [0, 0.1) is 0 Å². The number of benzene rings is 1. The molecule has 3 heteroatoms. The first kappa shape index (κ1) is 14.2. The van der Waals surface area contributed by atoms with Crippen molar-refractivity contribution in [3.8, 4) is 0 Å². The summed E-state index contributed by atoms with van der Waals surface area (Å²) in [6.45, 7) is 3.14. The lowest BCUT2D eigenvalue weighted by molar-refractivity contribution is 0.0226. The van der Waals surface area contributed by atoms with Crippen LogP contribution in [0.1, 0.15) is 25.3 Å². The van der Waals surface area contributed by atoms with Gasteiger partial charge in [-0.2, -0.15) is 0 Å². The van der Waals surface area contributed by atoms with Gasteiger partial charge in [-0.05, 0) is 18.4 Å². The zero-order valence-corrected chi connectivity index (χ0v) is 10.5. The van der Waals surface area contributed by atoms with E-state index < -0.39 is 6.10 Å². The fourth-order valence-electron chi connectivity index (χ4n) is 1.60. The van der Waals surface area contributed by atoms with Crippen molar-refractivity contribution in [2.75, 3.05) is 13.2 Å². The van der Waals surface area contributed by atoms with Crippen LogP contribution < -0.4 is 5.73 Å². The van der Waals surface area contributed by atoms with Gasteiger partial charge in [0, 0.05) is 12.6 Å². The number of aliphatic hydroxyl groups is 1. The molecular formula is C14H23NO2. The summed E-state index contributed by atoms with van der Waals surface area (Å²) >= 11 is 0. The molecule has 0 aliphatic rings. The molecule has 0 radical (unpaired) electrons. The summed E-state index contributed by atoms with van der Waals surface area (Å²) < 4.78 is 5.36. The molecule has 2 atom stereocenters. The minimum Gasteiger partial charge on any atom is -0.389 e. The second-order valence-corrected chi connectivity index (χ2v) is 4.35. The summed E-state index contributed by atoms with van der Waals surface area (Å²) in [7, 11) is 0. The Morgan fingerprint density at radius 3 is 2.65 bits per heavy atom. The van der Waals surface area contributed by atoms with Crippen LogP contribution in [0.3, 0.4) is 0 Å². The van der Waals surface area contributed by atoms with Gasteiger partial charge in [0.15, 0.2) is 0 Å². The van der Waals surface area contributed by atoms with Crippen molar-refractivity contribution in [3.05, 3.63) is 35.9 Å². The number of rotatable bonds is 8. The molecule has 0 bridgehead atoms. The van der Waals surface area contributed by atoms with Crippen LogP contribution in [0.5, 0.6) is 0 Å². The molecule has 1 aromatic rings. The van der Waals surface area contributed by atoms with Gasteiger partial charge in [-0.15, -0.1) is 0 Å². The fraction of sp³-hybridized carbons (Fsp3) is 0.571. The summed E-state index contributed by atoms with van der Waals surface area (Å²) in [5.74, 6) is 0. The first-order chi connectivity index (χ1) is 8.24. The molecule has 0 aromatic heterocycles. The number of hydrogen-bond acceptors (Lipinski definition) is 3. The standard InChI is InChI=1S/C14H23NO2/c1-2-3-9-17-11-14(16)13(15)10-12-7-5-4-6-8-12/h4-8,13-14,16H,2-3,9-11,15H2,1H3. The van der Waals surface area contributed by atoms with E-state index in [4.69, 9.17) is 10.5 Å². The van der Waals surface area contributed by atoms with Crippen molar-refractivity contribution >= 4 is 0 Å². The summed E-state index contributed by atoms with van der Waals surface area (Å²) in [6.07, 6.45) is 2.22. The summed E-state index contributed by atoms with van der Waals surface area (Å²) in [6, 6.07) is 9.70. The second-order valence-electron chi connectivity index (χ2n) is 4.35. The lowest BCUT2D eigenvalue weighted by Gasteiger charge is -2.18. The average molecular weight is 237 g/mol. The largest absolute Gasteiger partial charge is 0.389 e. The smallest absolute Gasteiger partial charge is 0.0927 e. The van der Waals surface area contributed by atoms with Gasteiger partial charge in [0.1, 0.15) is 0 Å². The lowest BCUT2D eigenvalue weighted by Crippen LogP contribution is -2.39. The molecule has 0 spiro atoms. The number of hydrogen-bond donors (Lipinski definition) is 2. The normalized spacial score (nSPS) is 14.5. The predicted molar refractivity (Wildman–Crippen MR) is 69.9 cm³/mol. The maximum atomic E-state index is 9.83. The maximum absolute atomic E-state index is 9.83. The van der Waals surface area contributed by atoms with E-state index in [2.05, 4.69) is 6.92 Å². The van der Waals surface area contributed by atoms with Crippen molar-refractivity contribution in [2.24, 2.45) is 5.73 Å². The Morgan fingerprint density at radius 2 is 2.00 bits per heavy atom. The van der Waals surface area contributed by atoms with Gasteiger partial charge in [0.25, 0.3) is 0 Å². The third kappa shape index (κ3) is 5.82. The molecule has 0 fully saturated rings. The Kier molecular flexibility index (Phi) is 6.86. The number of nitrogens with two attached hydrogens (primary N) is 1. The Hall–Kier alpha value is -0.900. The number of aliphatic hydroxyl groups excluding tert-OH is 1. The fourth-order valence-corrected chi connectivity index (χ4v) is 1.60. The molecule has 0 aliphatic carbocycles. The minimum absolute atomic E-state index is 0.265. The highest BCUT2D eigenvalue weighted by molar-refractivity contribution is 5.16. The molecule has 1 aromatic carbocycles. The Morgan fingerprint density at radius 1 is 1.29 bits per heavy atom. The maximum Gasteiger partial charge on any atom is 0.0927 e. The van der Waals surface area contributed by atoms with Gasteiger partial charge in [-0.1, -0.05) is 43.7 Å². The molecule has 0 aliphatic heterocycles. The first-order valence-electron chi connectivity index (χ1n) is 6.29. The minimum atomic E-state index is -0.591. The second kappa shape index (κ2) is 8.23. The number of unbranched alkanes of at least 4 members (excludes halogenated alkanes) is 1. The van der Waals surface area contributed by atoms with E-state index in [0.717, 1.165) is 18.4 Å². The van der Waals surface area contributed by atoms with E-state index in [1.165, 1.54) is 0 Å². The molecule has 2 unspecified atom stereocenters. The van der Waals surface area contributed by atoms with Crippen molar-refractivity contribution < 1.29 is 9.84 Å².